The summed E-state index contributed by atoms with van der Waals surface area (Å²) in [4.78, 5) is 1.22. The Morgan fingerprint density at radius 1 is 1.10 bits per heavy atom. The molecule has 0 saturated heterocycles. The molecule has 2 heterocycles. The summed E-state index contributed by atoms with van der Waals surface area (Å²) in [6.45, 7) is 0. The second-order valence-corrected chi connectivity index (χ2v) is 8.62. The second kappa shape index (κ2) is 7.89. The number of hydrazone groups is 1. The van der Waals surface area contributed by atoms with Gasteiger partial charge in [-0.2, -0.15) is 5.10 Å². The summed E-state index contributed by atoms with van der Waals surface area (Å²) >= 11 is 8.04. The Hall–Kier alpha value is -2.63. The van der Waals surface area contributed by atoms with Crippen LogP contribution in [0, 0.1) is 0 Å². The van der Waals surface area contributed by atoms with Crippen LogP contribution >= 0.6 is 23.4 Å². The standard InChI is InChI=1S/C24H21ClN2O2S/c1-28-18-5-3-4-16(12-18)21-14-22-20-13-17(25)8-11-23(20)29-24(27(22)26-21)15-6-9-19(30-2)10-7-15/h3-13,22,24H,14H2,1-2H3/t22-,24+/m1/s1. The molecule has 6 heteroatoms. The molecule has 0 amide bonds. The molecular weight excluding hydrogens is 416 g/mol. The fraction of sp³-hybridized carbons (Fsp3) is 0.208. The first-order valence-electron chi connectivity index (χ1n) is 9.76. The molecule has 0 N–H and O–H groups in total. The highest BCUT2D eigenvalue weighted by Crippen LogP contribution is 2.48. The molecule has 0 saturated carbocycles. The number of hydrogen-bond acceptors (Lipinski definition) is 5. The van der Waals surface area contributed by atoms with E-state index in [1.807, 2.05) is 36.4 Å². The minimum absolute atomic E-state index is 0.0684. The molecule has 0 radical (unpaired) electrons. The zero-order chi connectivity index (χ0) is 20.7. The summed E-state index contributed by atoms with van der Waals surface area (Å²) in [6, 6.07) is 22.4. The first-order valence-corrected chi connectivity index (χ1v) is 11.4. The van der Waals surface area contributed by atoms with Crippen molar-refractivity contribution >= 4 is 29.1 Å². The van der Waals surface area contributed by atoms with Crippen molar-refractivity contribution in [1.29, 1.82) is 0 Å². The lowest BCUT2D eigenvalue weighted by atomic mass is 9.96. The number of halogens is 1. The largest absolute Gasteiger partial charge is 0.497 e. The minimum atomic E-state index is -0.289. The summed E-state index contributed by atoms with van der Waals surface area (Å²) in [6.07, 6.45) is 2.57. The van der Waals surface area contributed by atoms with Gasteiger partial charge in [-0.3, -0.25) is 0 Å². The molecule has 30 heavy (non-hydrogen) atoms. The van der Waals surface area contributed by atoms with E-state index in [0.29, 0.717) is 5.02 Å². The van der Waals surface area contributed by atoms with E-state index in [2.05, 4.69) is 41.6 Å². The van der Waals surface area contributed by atoms with Gasteiger partial charge in [0.15, 0.2) is 0 Å². The fourth-order valence-corrected chi connectivity index (χ4v) is 4.61. The highest BCUT2D eigenvalue weighted by atomic mass is 35.5. The predicted octanol–water partition coefficient (Wildman–Crippen LogP) is 6.31. The number of nitrogens with zero attached hydrogens (tertiary/aromatic N) is 2. The summed E-state index contributed by atoms with van der Waals surface area (Å²) < 4.78 is 11.8. The maximum absolute atomic E-state index is 6.42. The quantitative estimate of drug-likeness (QED) is 0.448. The van der Waals surface area contributed by atoms with Gasteiger partial charge in [0.1, 0.15) is 11.5 Å². The average Bonchev–Trinajstić information content (AvgIpc) is 3.25. The van der Waals surface area contributed by atoms with Crippen molar-refractivity contribution in [2.24, 2.45) is 5.10 Å². The van der Waals surface area contributed by atoms with E-state index in [1.54, 1.807) is 18.9 Å². The minimum Gasteiger partial charge on any atom is -0.497 e. The van der Waals surface area contributed by atoms with Crippen molar-refractivity contribution in [3.05, 3.63) is 88.4 Å². The number of hydrogen-bond donors (Lipinski definition) is 0. The van der Waals surface area contributed by atoms with Crippen molar-refractivity contribution < 1.29 is 9.47 Å². The van der Waals surface area contributed by atoms with Gasteiger partial charge in [0.2, 0.25) is 6.23 Å². The molecule has 3 aromatic carbocycles. The van der Waals surface area contributed by atoms with Crippen LogP contribution in [-0.4, -0.2) is 24.1 Å². The highest BCUT2D eigenvalue weighted by Gasteiger charge is 2.41. The van der Waals surface area contributed by atoms with Crippen LogP contribution in [0.2, 0.25) is 5.02 Å². The lowest BCUT2D eigenvalue weighted by Crippen LogP contribution is -2.33. The Balaban J connectivity index is 1.58. The van der Waals surface area contributed by atoms with Crippen molar-refractivity contribution in [1.82, 2.24) is 5.01 Å². The van der Waals surface area contributed by atoms with E-state index in [0.717, 1.165) is 40.3 Å². The lowest BCUT2D eigenvalue weighted by molar-refractivity contribution is -0.0190. The van der Waals surface area contributed by atoms with Crippen LogP contribution in [0.3, 0.4) is 0 Å². The zero-order valence-corrected chi connectivity index (χ0v) is 18.3. The first-order chi connectivity index (χ1) is 14.7. The predicted molar refractivity (Wildman–Crippen MR) is 122 cm³/mol. The molecule has 5 rings (SSSR count). The fourth-order valence-electron chi connectivity index (χ4n) is 4.02. The van der Waals surface area contributed by atoms with Crippen LogP contribution in [-0.2, 0) is 0 Å². The third-order valence-electron chi connectivity index (χ3n) is 5.56. The van der Waals surface area contributed by atoms with Crippen LogP contribution < -0.4 is 9.47 Å². The molecule has 2 aliphatic heterocycles. The number of thioether (sulfide) groups is 1. The van der Waals surface area contributed by atoms with Crippen molar-refractivity contribution in [2.75, 3.05) is 13.4 Å². The Kier molecular flexibility index (Phi) is 5.09. The van der Waals surface area contributed by atoms with Gasteiger partial charge in [-0.15, -0.1) is 11.8 Å². The molecular formula is C24H21ClN2O2S. The SMILES string of the molecule is COc1cccc(C2=NN3[C@H](C2)c2cc(Cl)ccc2O[C@H]3c2ccc(SC)cc2)c1. The Morgan fingerprint density at radius 2 is 1.93 bits per heavy atom. The number of methoxy groups -OCH3 is 1. The average molecular weight is 437 g/mol. The Bertz CT molecular complexity index is 1120. The van der Waals surface area contributed by atoms with Gasteiger partial charge in [0.25, 0.3) is 0 Å². The Labute approximate surface area is 185 Å². The number of rotatable bonds is 4. The molecule has 0 aliphatic carbocycles. The molecule has 4 nitrogen and oxygen atoms in total. The van der Waals surface area contributed by atoms with Gasteiger partial charge in [-0.1, -0.05) is 35.9 Å². The summed E-state index contributed by atoms with van der Waals surface area (Å²) in [5, 5.41) is 7.78. The van der Waals surface area contributed by atoms with Gasteiger partial charge < -0.3 is 9.47 Å². The van der Waals surface area contributed by atoms with E-state index in [1.165, 1.54) is 4.90 Å². The topological polar surface area (TPSA) is 34.1 Å². The third kappa shape index (κ3) is 3.42. The van der Waals surface area contributed by atoms with Gasteiger partial charge in [-0.05, 0) is 48.7 Å². The van der Waals surface area contributed by atoms with Crippen molar-refractivity contribution in [3.8, 4) is 11.5 Å². The molecule has 2 aliphatic rings. The monoisotopic (exact) mass is 436 g/mol. The van der Waals surface area contributed by atoms with E-state index in [4.69, 9.17) is 26.2 Å². The highest BCUT2D eigenvalue weighted by molar-refractivity contribution is 7.98. The van der Waals surface area contributed by atoms with Crippen LogP contribution in [0.1, 0.15) is 35.4 Å². The molecule has 152 valence electrons. The molecule has 0 bridgehead atoms. The molecule has 3 aromatic rings. The molecule has 0 unspecified atom stereocenters. The maximum atomic E-state index is 6.42. The van der Waals surface area contributed by atoms with Crippen molar-refractivity contribution in [3.63, 3.8) is 0 Å². The first kappa shape index (κ1) is 19.3. The van der Waals surface area contributed by atoms with Crippen LogP contribution in [0.25, 0.3) is 0 Å². The van der Waals surface area contributed by atoms with Gasteiger partial charge in [0.05, 0.1) is 18.9 Å². The van der Waals surface area contributed by atoms with E-state index < -0.39 is 0 Å². The van der Waals surface area contributed by atoms with Crippen LogP contribution in [0.4, 0.5) is 0 Å². The smallest absolute Gasteiger partial charge is 0.213 e. The van der Waals surface area contributed by atoms with Crippen molar-refractivity contribution in [2.45, 2.75) is 23.6 Å². The van der Waals surface area contributed by atoms with E-state index in [-0.39, 0.29) is 12.3 Å². The lowest BCUT2D eigenvalue weighted by Gasteiger charge is -2.38. The molecule has 0 aromatic heterocycles. The van der Waals surface area contributed by atoms with Gasteiger partial charge in [0, 0.05) is 33.0 Å². The number of ether oxygens (including phenoxy) is 2. The molecule has 0 spiro atoms. The normalized spacial score (nSPS) is 19.6. The molecule has 2 atom stereocenters. The summed E-state index contributed by atoms with van der Waals surface area (Å²) in [7, 11) is 1.68. The van der Waals surface area contributed by atoms with Gasteiger partial charge >= 0.3 is 0 Å². The van der Waals surface area contributed by atoms with E-state index in [9.17, 15) is 0 Å². The van der Waals surface area contributed by atoms with Gasteiger partial charge in [-0.25, -0.2) is 5.01 Å². The van der Waals surface area contributed by atoms with Crippen LogP contribution in [0.5, 0.6) is 11.5 Å². The second-order valence-electron chi connectivity index (χ2n) is 7.30. The van der Waals surface area contributed by atoms with E-state index >= 15 is 0 Å². The number of fused-ring (bicyclic) bond motifs is 3. The Morgan fingerprint density at radius 3 is 2.70 bits per heavy atom. The molecule has 0 fully saturated rings. The third-order valence-corrected chi connectivity index (χ3v) is 6.53. The number of benzene rings is 3. The summed E-state index contributed by atoms with van der Waals surface area (Å²) in [5.41, 5.74) is 4.22. The van der Waals surface area contributed by atoms with Crippen LogP contribution in [0.15, 0.2) is 76.7 Å². The zero-order valence-electron chi connectivity index (χ0n) is 16.7. The maximum Gasteiger partial charge on any atom is 0.213 e. The summed E-state index contributed by atoms with van der Waals surface area (Å²) in [5.74, 6) is 1.69.